The van der Waals surface area contributed by atoms with E-state index in [0.717, 1.165) is 60.7 Å². The predicted molar refractivity (Wildman–Crippen MR) is 152 cm³/mol. The lowest BCUT2D eigenvalue weighted by molar-refractivity contribution is -0.113. The highest BCUT2D eigenvalue weighted by molar-refractivity contribution is 9.10. The molecule has 2 heterocycles. The van der Waals surface area contributed by atoms with Crippen LogP contribution in [0.5, 0.6) is 0 Å². The molecule has 0 bridgehead atoms. The number of hydrogen-bond donors (Lipinski definition) is 1. The number of carbonyl (C=O) groups excluding carboxylic acids is 1. The Bertz CT molecular complexity index is 1470. The molecule has 4 aromatic rings. The molecular formula is C27H28BrN3O2S2. The van der Waals surface area contributed by atoms with Crippen LogP contribution in [0.15, 0.2) is 50.8 Å². The van der Waals surface area contributed by atoms with Crippen LogP contribution < -0.4 is 10.9 Å². The van der Waals surface area contributed by atoms with Crippen LogP contribution in [0.3, 0.4) is 0 Å². The summed E-state index contributed by atoms with van der Waals surface area (Å²) in [6.45, 7) is 10.1. The third kappa shape index (κ3) is 5.25. The van der Waals surface area contributed by atoms with Crippen LogP contribution in [0.25, 0.3) is 15.9 Å². The first-order valence-corrected chi connectivity index (χ1v) is 14.2. The molecule has 0 aliphatic rings. The number of nitrogens with one attached hydrogen (secondary N) is 1. The molecule has 1 N–H and O–H groups in total. The average molecular weight is 571 g/mol. The van der Waals surface area contributed by atoms with E-state index in [0.29, 0.717) is 10.5 Å². The molecule has 2 aromatic carbocycles. The maximum atomic E-state index is 13.7. The van der Waals surface area contributed by atoms with Crippen LogP contribution in [0.4, 0.5) is 5.69 Å². The number of amides is 1. The van der Waals surface area contributed by atoms with E-state index in [4.69, 9.17) is 4.98 Å². The molecule has 0 aliphatic carbocycles. The van der Waals surface area contributed by atoms with Gasteiger partial charge in [-0.3, -0.25) is 14.2 Å². The molecule has 0 saturated heterocycles. The van der Waals surface area contributed by atoms with Crippen molar-refractivity contribution in [2.24, 2.45) is 0 Å². The Morgan fingerprint density at radius 2 is 1.83 bits per heavy atom. The predicted octanol–water partition coefficient (Wildman–Crippen LogP) is 6.99. The summed E-state index contributed by atoms with van der Waals surface area (Å²) in [4.78, 5) is 33.4. The number of thioether (sulfide) groups is 1. The zero-order chi connectivity index (χ0) is 25.3. The van der Waals surface area contributed by atoms with Crippen molar-refractivity contribution < 1.29 is 4.79 Å². The van der Waals surface area contributed by atoms with Crippen molar-refractivity contribution in [3.8, 4) is 5.69 Å². The van der Waals surface area contributed by atoms with Crippen LogP contribution in [0.1, 0.15) is 41.0 Å². The van der Waals surface area contributed by atoms with E-state index < -0.39 is 0 Å². The summed E-state index contributed by atoms with van der Waals surface area (Å²) in [7, 11) is 0. The minimum absolute atomic E-state index is 0.0905. The first-order chi connectivity index (χ1) is 16.7. The van der Waals surface area contributed by atoms with Gasteiger partial charge in [0.1, 0.15) is 4.83 Å². The van der Waals surface area contributed by atoms with E-state index >= 15 is 0 Å². The first kappa shape index (κ1) is 25.7. The summed E-state index contributed by atoms with van der Waals surface area (Å²) in [5.41, 5.74) is 5.70. The molecule has 182 valence electrons. The van der Waals surface area contributed by atoms with Gasteiger partial charge in [-0.25, -0.2) is 4.98 Å². The van der Waals surface area contributed by atoms with Crippen molar-refractivity contribution in [3.05, 3.63) is 78.4 Å². The topological polar surface area (TPSA) is 64.0 Å². The van der Waals surface area contributed by atoms with Gasteiger partial charge in [-0.1, -0.05) is 59.2 Å². The van der Waals surface area contributed by atoms with Crippen molar-refractivity contribution in [1.82, 2.24) is 9.55 Å². The second-order valence-electron chi connectivity index (χ2n) is 8.50. The summed E-state index contributed by atoms with van der Waals surface area (Å²) in [6.07, 6.45) is 1.67. The molecule has 4 rings (SSSR count). The van der Waals surface area contributed by atoms with Gasteiger partial charge in [-0.15, -0.1) is 11.3 Å². The van der Waals surface area contributed by atoms with Crippen LogP contribution in [0, 0.1) is 20.8 Å². The van der Waals surface area contributed by atoms with E-state index in [9.17, 15) is 9.59 Å². The highest BCUT2D eigenvalue weighted by atomic mass is 79.9. The lowest BCUT2D eigenvalue weighted by Gasteiger charge is -2.15. The van der Waals surface area contributed by atoms with Gasteiger partial charge < -0.3 is 5.32 Å². The van der Waals surface area contributed by atoms with E-state index in [-0.39, 0.29) is 17.2 Å². The molecule has 0 radical (unpaired) electrons. The molecule has 8 heteroatoms. The Labute approximate surface area is 222 Å². The maximum Gasteiger partial charge on any atom is 0.267 e. The van der Waals surface area contributed by atoms with Gasteiger partial charge in [0.2, 0.25) is 5.91 Å². The number of rotatable bonds is 7. The quantitative estimate of drug-likeness (QED) is 0.192. The van der Waals surface area contributed by atoms with E-state index in [1.165, 1.54) is 11.8 Å². The van der Waals surface area contributed by atoms with Crippen molar-refractivity contribution in [2.75, 3.05) is 11.1 Å². The minimum atomic E-state index is -0.128. The largest absolute Gasteiger partial charge is 0.325 e. The fourth-order valence-corrected chi connectivity index (χ4v) is 6.73. The number of halogens is 1. The van der Waals surface area contributed by atoms with Gasteiger partial charge in [0.25, 0.3) is 5.56 Å². The van der Waals surface area contributed by atoms with Gasteiger partial charge in [0, 0.05) is 15.0 Å². The molecule has 5 nitrogen and oxygen atoms in total. The average Bonchev–Trinajstić information content (AvgIpc) is 3.15. The molecule has 2 aromatic heterocycles. The Morgan fingerprint density at radius 3 is 2.49 bits per heavy atom. The maximum absolute atomic E-state index is 13.7. The number of carbonyl (C=O) groups is 1. The number of hydrogen-bond acceptors (Lipinski definition) is 5. The summed E-state index contributed by atoms with van der Waals surface area (Å²) < 4.78 is 2.64. The standard InChI is InChI=1S/C27H28BrN3O2S2/c1-6-18-13-19(28)12-16(4)24(18)29-22(32)14-34-27-30-25-23(17(5)21(7-2)35-25)26(33)31(27)20-10-8-15(3)9-11-20/h8-13H,6-7,14H2,1-5H3,(H,29,32). The lowest BCUT2D eigenvalue weighted by Crippen LogP contribution is -2.23. The minimum Gasteiger partial charge on any atom is -0.325 e. The Balaban J connectivity index is 1.71. The van der Waals surface area contributed by atoms with Crippen molar-refractivity contribution >= 4 is 60.8 Å². The Hall–Kier alpha value is -2.42. The van der Waals surface area contributed by atoms with E-state index in [2.05, 4.69) is 35.1 Å². The molecular weight excluding hydrogens is 542 g/mol. The second kappa shape index (κ2) is 10.7. The first-order valence-electron chi connectivity index (χ1n) is 11.6. The normalized spacial score (nSPS) is 11.3. The third-order valence-electron chi connectivity index (χ3n) is 6.01. The van der Waals surface area contributed by atoms with Gasteiger partial charge in [0.15, 0.2) is 5.16 Å². The summed E-state index contributed by atoms with van der Waals surface area (Å²) in [5, 5.41) is 4.26. The molecule has 1 amide bonds. The molecule has 0 fully saturated rings. The smallest absolute Gasteiger partial charge is 0.267 e. The fraction of sp³-hybridized carbons (Fsp3) is 0.296. The van der Waals surface area contributed by atoms with Gasteiger partial charge in [-0.2, -0.15) is 0 Å². The summed E-state index contributed by atoms with van der Waals surface area (Å²) in [5.74, 6) is 0.0181. The molecule has 0 aliphatic heterocycles. The molecule has 0 saturated carbocycles. The van der Waals surface area contributed by atoms with E-state index in [1.807, 2.05) is 57.2 Å². The molecule has 0 atom stereocenters. The number of aromatic nitrogens is 2. The van der Waals surface area contributed by atoms with Gasteiger partial charge >= 0.3 is 0 Å². The summed E-state index contributed by atoms with van der Waals surface area (Å²) in [6, 6.07) is 11.8. The number of nitrogens with zero attached hydrogens (tertiary/aromatic N) is 2. The zero-order valence-corrected chi connectivity index (χ0v) is 23.7. The lowest BCUT2D eigenvalue weighted by atomic mass is 10.1. The van der Waals surface area contributed by atoms with Crippen LogP contribution in [-0.4, -0.2) is 21.2 Å². The van der Waals surface area contributed by atoms with Crippen LogP contribution in [0.2, 0.25) is 0 Å². The summed E-state index contributed by atoms with van der Waals surface area (Å²) >= 11 is 6.38. The zero-order valence-electron chi connectivity index (χ0n) is 20.5. The Kier molecular flexibility index (Phi) is 7.83. The monoisotopic (exact) mass is 569 g/mol. The van der Waals surface area contributed by atoms with Crippen molar-refractivity contribution in [2.45, 2.75) is 52.6 Å². The molecule has 0 spiro atoms. The number of aryl methyl sites for hydroxylation is 5. The van der Waals surface area contributed by atoms with Crippen LogP contribution >= 0.6 is 39.0 Å². The third-order valence-corrected chi connectivity index (χ3v) is 8.73. The molecule has 0 unspecified atom stereocenters. The number of fused-ring (bicyclic) bond motifs is 1. The van der Waals surface area contributed by atoms with Crippen LogP contribution in [-0.2, 0) is 17.6 Å². The van der Waals surface area contributed by atoms with Gasteiger partial charge in [-0.05, 0) is 74.6 Å². The Morgan fingerprint density at radius 1 is 1.11 bits per heavy atom. The number of anilines is 1. The second-order valence-corrected chi connectivity index (χ2v) is 11.4. The van der Waals surface area contributed by atoms with Gasteiger partial charge in [0.05, 0.1) is 16.8 Å². The van der Waals surface area contributed by atoms with E-state index in [1.54, 1.807) is 15.9 Å². The SMILES string of the molecule is CCc1cc(Br)cc(C)c1NC(=O)CSc1nc2sc(CC)c(C)c2c(=O)n1-c1ccc(C)cc1. The van der Waals surface area contributed by atoms with Crippen molar-refractivity contribution in [3.63, 3.8) is 0 Å². The van der Waals surface area contributed by atoms with Crippen molar-refractivity contribution in [1.29, 1.82) is 0 Å². The number of thiophene rings is 1. The highest BCUT2D eigenvalue weighted by Gasteiger charge is 2.20. The fourth-order valence-electron chi connectivity index (χ4n) is 4.14. The highest BCUT2D eigenvalue weighted by Crippen LogP contribution is 2.31. The molecule has 35 heavy (non-hydrogen) atoms. The number of benzene rings is 2.